The zero-order valence-corrected chi connectivity index (χ0v) is 24.9. The molecule has 2 aromatic heterocycles. The molecule has 5 heterocycles. The van der Waals surface area contributed by atoms with Crippen LogP contribution >= 0.6 is 0 Å². The van der Waals surface area contributed by atoms with Crippen LogP contribution in [0.1, 0.15) is 41.6 Å². The first-order valence-electron chi connectivity index (χ1n) is 15.0. The Labute approximate surface area is 247 Å². The summed E-state index contributed by atoms with van der Waals surface area (Å²) in [5.41, 5.74) is 7.04. The first kappa shape index (κ1) is 28.0. The van der Waals surface area contributed by atoms with E-state index < -0.39 is 0 Å². The highest BCUT2D eigenvalue weighted by molar-refractivity contribution is 5.95. The number of carbonyl (C=O) groups is 1. The lowest BCUT2D eigenvalue weighted by Gasteiger charge is -2.42. The highest BCUT2D eigenvalue weighted by Crippen LogP contribution is 2.37. The minimum Gasteiger partial charge on any atom is -0.462 e. The lowest BCUT2D eigenvalue weighted by atomic mass is 9.99. The van der Waals surface area contributed by atoms with Crippen LogP contribution in [0, 0.1) is 25.2 Å². The maximum atomic E-state index is 12.5. The third kappa shape index (κ3) is 5.18. The molecule has 10 nitrogen and oxygen atoms in total. The van der Waals surface area contributed by atoms with Gasteiger partial charge in [-0.05, 0) is 76.0 Å². The molecule has 3 aliphatic rings. The van der Waals surface area contributed by atoms with Crippen molar-refractivity contribution in [1.29, 1.82) is 5.26 Å². The van der Waals surface area contributed by atoms with E-state index in [1.807, 2.05) is 6.20 Å². The normalized spacial score (nSPS) is 21.0. The van der Waals surface area contributed by atoms with Crippen molar-refractivity contribution in [1.82, 2.24) is 24.8 Å². The molecule has 1 N–H and O–H groups in total. The maximum absolute atomic E-state index is 12.5. The second kappa shape index (κ2) is 11.6. The summed E-state index contributed by atoms with van der Waals surface area (Å²) in [4.78, 5) is 34.7. The molecule has 220 valence electrons. The monoisotopic (exact) mass is 568 g/mol. The number of aromatic amines is 1. The molecule has 42 heavy (non-hydrogen) atoms. The van der Waals surface area contributed by atoms with Crippen LogP contribution in [0.2, 0.25) is 0 Å². The van der Waals surface area contributed by atoms with E-state index in [0.29, 0.717) is 44.8 Å². The summed E-state index contributed by atoms with van der Waals surface area (Å²) < 4.78 is 6.31. The summed E-state index contributed by atoms with van der Waals surface area (Å²) in [6.07, 6.45) is 6.68. The van der Waals surface area contributed by atoms with E-state index in [1.54, 1.807) is 4.90 Å². The highest BCUT2D eigenvalue weighted by Gasteiger charge is 2.34. The van der Waals surface area contributed by atoms with Gasteiger partial charge in [-0.1, -0.05) is 6.58 Å². The maximum Gasteiger partial charge on any atom is 0.318 e. The SMILES string of the molecule is C=CC(=O)N1CCN(c2nc(OC[C@@H]3CCCN3C)nc3c2CCN(c2c(C)c(C)cc4[nH]ccc24)C3)C[C@@H]1CC#N. The number of nitrogens with one attached hydrogen (secondary N) is 1. The second-order valence-corrected chi connectivity index (χ2v) is 11.8. The molecular weight excluding hydrogens is 528 g/mol. The van der Waals surface area contributed by atoms with Gasteiger partial charge in [-0.15, -0.1) is 0 Å². The topological polar surface area (TPSA) is 105 Å². The number of fused-ring (bicyclic) bond motifs is 2. The molecule has 1 amide bonds. The van der Waals surface area contributed by atoms with Crippen LogP contribution in [0.3, 0.4) is 0 Å². The number of carbonyl (C=O) groups excluding carboxylic acids is 1. The summed E-state index contributed by atoms with van der Waals surface area (Å²) >= 11 is 0. The number of aryl methyl sites for hydroxylation is 1. The third-order valence-corrected chi connectivity index (χ3v) is 9.32. The van der Waals surface area contributed by atoms with Crippen LogP contribution in [-0.4, -0.2) is 89.1 Å². The van der Waals surface area contributed by atoms with Crippen molar-refractivity contribution in [3.8, 4) is 12.1 Å². The van der Waals surface area contributed by atoms with Crippen molar-refractivity contribution in [3.63, 3.8) is 0 Å². The van der Waals surface area contributed by atoms with Gasteiger partial charge in [-0.25, -0.2) is 0 Å². The van der Waals surface area contributed by atoms with Gasteiger partial charge < -0.3 is 29.3 Å². The first-order chi connectivity index (χ1) is 20.4. The number of aromatic nitrogens is 3. The van der Waals surface area contributed by atoms with Crippen molar-refractivity contribution in [2.45, 2.75) is 58.2 Å². The number of hydrogen-bond acceptors (Lipinski definition) is 8. The average molecular weight is 569 g/mol. The Morgan fingerprint density at radius 2 is 2.07 bits per heavy atom. The largest absolute Gasteiger partial charge is 0.462 e. The fraction of sp³-hybridized carbons (Fsp3) is 0.500. The molecule has 2 atom stereocenters. The van der Waals surface area contributed by atoms with Crippen molar-refractivity contribution in [3.05, 3.63) is 53.4 Å². The van der Waals surface area contributed by atoms with Gasteiger partial charge in [-0.2, -0.15) is 15.2 Å². The number of piperazine rings is 1. The molecule has 3 aromatic rings. The number of likely N-dealkylation sites (N-methyl/N-ethyl adjacent to an activating group) is 1. The Bertz CT molecular complexity index is 1540. The van der Waals surface area contributed by atoms with Crippen LogP contribution < -0.4 is 14.5 Å². The predicted octanol–water partition coefficient (Wildman–Crippen LogP) is 3.73. The van der Waals surface area contributed by atoms with Gasteiger partial charge in [-0.3, -0.25) is 4.79 Å². The molecule has 0 bridgehead atoms. The number of rotatable bonds is 7. The van der Waals surface area contributed by atoms with Gasteiger partial charge in [0.25, 0.3) is 0 Å². The lowest BCUT2D eigenvalue weighted by Crippen LogP contribution is -2.55. The number of nitrogens with zero attached hydrogens (tertiary/aromatic N) is 7. The molecule has 10 heteroatoms. The van der Waals surface area contributed by atoms with Gasteiger partial charge >= 0.3 is 6.01 Å². The molecule has 2 saturated heterocycles. The smallest absolute Gasteiger partial charge is 0.318 e. The van der Waals surface area contributed by atoms with Gasteiger partial charge in [0.1, 0.15) is 12.4 Å². The molecule has 6 rings (SSSR count). The van der Waals surface area contributed by atoms with E-state index in [9.17, 15) is 10.1 Å². The number of ether oxygens (including phenoxy) is 1. The fourth-order valence-corrected chi connectivity index (χ4v) is 6.83. The summed E-state index contributed by atoms with van der Waals surface area (Å²) in [5, 5.41) is 10.7. The van der Waals surface area contributed by atoms with E-state index in [4.69, 9.17) is 14.7 Å². The van der Waals surface area contributed by atoms with E-state index in [0.717, 1.165) is 48.5 Å². The second-order valence-electron chi connectivity index (χ2n) is 11.8. The van der Waals surface area contributed by atoms with Gasteiger partial charge in [0.05, 0.1) is 30.8 Å². The van der Waals surface area contributed by atoms with Crippen molar-refractivity contribution in [2.75, 3.05) is 56.2 Å². The number of likely N-dealkylation sites (tertiary alicyclic amines) is 1. The molecule has 0 spiro atoms. The lowest BCUT2D eigenvalue weighted by molar-refractivity contribution is -0.128. The summed E-state index contributed by atoms with van der Waals surface area (Å²) in [6, 6.07) is 7.17. The number of benzene rings is 1. The van der Waals surface area contributed by atoms with Crippen molar-refractivity contribution < 1.29 is 9.53 Å². The van der Waals surface area contributed by atoms with Crippen molar-refractivity contribution >= 4 is 28.3 Å². The molecule has 0 saturated carbocycles. The predicted molar refractivity (Wildman–Crippen MR) is 164 cm³/mol. The van der Waals surface area contributed by atoms with Crippen molar-refractivity contribution in [2.24, 2.45) is 0 Å². The molecule has 0 radical (unpaired) electrons. The summed E-state index contributed by atoms with van der Waals surface area (Å²) in [6.45, 7) is 12.8. The number of H-pyrrole nitrogens is 1. The first-order valence-corrected chi connectivity index (χ1v) is 15.0. The molecule has 2 fully saturated rings. The number of hydrogen-bond donors (Lipinski definition) is 1. The summed E-state index contributed by atoms with van der Waals surface area (Å²) in [5.74, 6) is 0.736. The average Bonchev–Trinajstić information content (AvgIpc) is 3.63. The Morgan fingerprint density at radius 3 is 2.83 bits per heavy atom. The highest BCUT2D eigenvalue weighted by atomic mass is 16.5. The minimum atomic E-state index is -0.228. The van der Waals surface area contributed by atoms with E-state index in [-0.39, 0.29) is 18.4 Å². The Kier molecular flexibility index (Phi) is 7.78. The molecular formula is C32H40N8O2. The Hall–Kier alpha value is -4.10. The zero-order valence-electron chi connectivity index (χ0n) is 24.9. The number of anilines is 2. The fourth-order valence-electron chi connectivity index (χ4n) is 6.83. The molecule has 3 aliphatic heterocycles. The van der Waals surface area contributed by atoms with Gasteiger partial charge in [0.2, 0.25) is 5.91 Å². The van der Waals surface area contributed by atoms with Gasteiger partial charge in [0.15, 0.2) is 0 Å². The zero-order chi connectivity index (χ0) is 29.4. The third-order valence-electron chi connectivity index (χ3n) is 9.32. The quantitative estimate of drug-likeness (QED) is 0.430. The van der Waals surface area contributed by atoms with E-state index in [2.05, 4.69) is 65.4 Å². The van der Waals surface area contributed by atoms with Crippen LogP contribution in [0.15, 0.2) is 31.0 Å². The molecule has 0 aliphatic carbocycles. The van der Waals surface area contributed by atoms with Crippen LogP contribution in [-0.2, 0) is 17.8 Å². The Balaban J connectivity index is 1.35. The van der Waals surface area contributed by atoms with Crippen LogP contribution in [0.4, 0.5) is 11.5 Å². The van der Waals surface area contributed by atoms with E-state index >= 15 is 0 Å². The number of nitriles is 1. The van der Waals surface area contributed by atoms with Crippen LogP contribution in [0.25, 0.3) is 10.9 Å². The summed E-state index contributed by atoms with van der Waals surface area (Å²) in [7, 11) is 2.14. The van der Waals surface area contributed by atoms with Crippen LogP contribution in [0.5, 0.6) is 6.01 Å². The van der Waals surface area contributed by atoms with Gasteiger partial charge in [0, 0.05) is 60.6 Å². The Morgan fingerprint density at radius 1 is 1.21 bits per heavy atom. The molecule has 1 aromatic carbocycles. The molecule has 0 unspecified atom stereocenters. The van der Waals surface area contributed by atoms with E-state index in [1.165, 1.54) is 34.7 Å². The minimum absolute atomic E-state index is 0.135. The number of amides is 1. The standard InChI is InChI=1S/C32H40N8O2/c1-5-29(41)40-16-15-39(18-23(40)8-11-33)31-26-10-14-38(30-22(3)21(2)17-27-25(30)9-12-34-27)19-28(26)35-32(36-31)42-20-24-7-6-13-37(24)4/h5,9,12,17,23-24,34H,1,6-8,10,13-16,18-20H2,2-4H3/t23-,24-/m0/s1.